The topological polar surface area (TPSA) is 12.0 Å². The molecule has 1 N–H and O–H groups in total. The SMILES string of the molecule is CC1CC2(C)CC(CC2C)N1. The summed E-state index contributed by atoms with van der Waals surface area (Å²) < 4.78 is 0. The molecule has 0 amide bonds. The molecular formula is C10H19N. The minimum absolute atomic E-state index is 0.662. The molecule has 0 spiro atoms. The zero-order valence-electron chi connectivity index (χ0n) is 7.85. The molecule has 1 heteroatoms. The Bertz CT molecular complexity index is 166. The Morgan fingerprint density at radius 2 is 2.00 bits per heavy atom. The number of rotatable bonds is 0. The Kier molecular flexibility index (Phi) is 1.54. The zero-order valence-corrected chi connectivity index (χ0v) is 7.85. The molecule has 2 bridgehead atoms. The van der Waals surface area contributed by atoms with E-state index in [1.54, 1.807) is 0 Å². The summed E-state index contributed by atoms with van der Waals surface area (Å²) in [6.45, 7) is 7.21. The number of hydrogen-bond donors (Lipinski definition) is 1. The summed E-state index contributed by atoms with van der Waals surface area (Å²) in [6, 6.07) is 1.59. The highest BCUT2D eigenvalue weighted by Gasteiger charge is 2.45. The maximum absolute atomic E-state index is 3.66. The first kappa shape index (κ1) is 7.60. The van der Waals surface area contributed by atoms with Crippen molar-refractivity contribution in [1.82, 2.24) is 5.32 Å². The monoisotopic (exact) mass is 153 g/mol. The molecule has 1 saturated carbocycles. The van der Waals surface area contributed by atoms with Crippen LogP contribution in [0, 0.1) is 11.3 Å². The maximum atomic E-state index is 3.66. The molecule has 1 aliphatic heterocycles. The standard InChI is InChI=1S/C10H19N/c1-7-4-9-6-10(7,3)5-8(2)11-9/h7-9,11H,4-6H2,1-3H3. The van der Waals surface area contributed by atoms with Crippen molar-refractivity contribution in [3.8, 4) is 0 Å². The van der Waals surface area contributed by atoms with Crippen molar-refractivity contribution in [2.45, 2.75) is 52.1 Å². The molecule has 1 nitrogen and oxygen atoms in total. The first-order valence-corrected chi connectivity index (χ1v) is 4.86. The van der Waals surface area contributed by atoms with Crippen molar-refractivity contribution in [1.29, 1.82) is 0 Å². The Labute approximate surface area is 69.6 Å². The van der Waals surface area contributed by atoms with Gasteiger partial charge in [-0.2, -0.15) is 0 Å². The molecule has 0 radical (unpaired) electrons. The van der Waals surface area contributed by atoms with Gasteiger partial charge in [0.2, 0.25) is 0 Å². The predicted molar refractivity (Wildman–Crippen MR) is 47.5 cm³/mol. The lowest BCUT2D eigenvalue weighted by Gasteiger charge is -2.36. The van der Waals surface area contributed by atoms with Gasteiger partial charge in [-0.05, 0) is 37.5 Å². The van der Waals surface area contributed by atoms with Crippen LogP contribution < -0.4 is 5.32 Å². The predicted octanol–water partition coefficient (Wildman–Crippen LogP) is 2.17. The van der Waals surface area contributed by atoms with Crippen LogP contribution in [0.1, 0.15) is 40.0 Å². The molecule has 64 valence electrons. The van der Waals surface area contributed by atoms with E-state index in [0.717, 1.165) is 18.0 Å². The van der Waals surface area contributed by atoms with Gasteiger partial charge in [0.25, 0.3) is 0 Å². The van der Waals surface area contributed by atoms with Gasteiger partial charge in [-0.25, -0.2) is 0 Å². The molecule has 1 aliphatic carbocycles. The maximum Gasteiger partial charge on any atom is 0.00775 e. The van der Waals surface area contributed by atoms with Gasteiger partial charge in [-0.1, -0.05) is 13.8 Å². The third-order valence-electron chi connectivity index (χ3n) is 3.83. The summed E-state index contributed by atoms with van der Waals surface area (Å²) in [5, 5.41) is 3.66. The first-order valence-electron chi connectivity index (χ1n) is 4.86. The summed E-state index contributed by atoms with van der Waals surface area (Å²) in [7, 11) is 0. The molecule has 0 aromatic rings. The van der Waals surface area contributed by atoms with Gasteiger partial charge in [-0.15, -0.1) is 0 Å². The lowest BCUT2D eigenvalue weighted by molar-refractivity contribution is 0.174. The highest BCUT2D eigenvalue weighted by atomic mass is 15.0. The average molecular weight is 153 g/mol. The fraction of sp³-hybridized carbons (Fsp3) is 1.00. The fourth-order valence-electron chi connectivity index (χ4n) is 3.13. The van der Waals surface area contributed by atoms with E-state index in [1.807, 2.05) is 0 Å². The van der Waals surface area contributed by atoms with Crippen molar-refractivity contribution >= 4 is 0 Å². The Hall–Kier alpha value is -0.0400. The molecule has 2 rings (SSSR count). The highest BCUT2D eigenvalue weighted by molar-refractivity contribution is 5.00. The van der Waals surface area contributed by atoms with Crippen LogP contribution in [-0.4, -0.2) is 12.1 Å². The fourth-order valence-corrected chi connectivity index (χ4v) is 3.13. The molecule has 1 heterocycles. The Morgan fingerprint density at radius 1 is 1.27 bits per heavy atom. The van der Waals surface area contributed by atoms with Crippen LogP contribution in [0.25, 0.3) is 0 Å². The molecular weight excluding hydrogens is 134 g/mol. The third kappa shape index (κ3) is 1.10. The molecule has 1 saturated heterocycles. The van der Waals surface area contributed by atoms with E-state index in [-0.39, 0.29) is 0 Å². The number of hydrogen-bond acceptors (Lipinski definition) is 1. The van der Waals surface area contributed by atoms with Gasteiger partial charge < -0.3 is 5.32 Å². The molecule has 0 aromatic heterocycles. The second kappa shape index (κ2) is 2.22. The highest BCUT2D eigenvalue weighted by Crippen LogP contribution is 2.48. The van der Waals surface area contributed by atoms with Gasteiger partial charge in [0.1, 0.15) is 0 Å². The van der Waals surface area contributed by atoms with Crippen molar-refractivity contribution in [2.24, 2.45) is 11.3 Å². The van der Waals surface area contributed by atoms with Crippen LogP contribution in [0.4, 0.5) is 0 Å². The Balaban J connectivity index is 2.18. The third-order valence-corrected chi connectivity index (χ3v) is 3.83. The van der Waals surface area contributed by atoms with Crippen LogP contribution in [-0.2, 0) is 0 Å². The van der Waals surface area contributed by atoms with Crippen LogP contribution in [0.15, 0.2) is 0 Å². The number of fused-ring (bicyclic) bond motifs is 2. The Morgan fingerprint density at radius 3 is 2.64 bits per heavy atom. The second-order valence-electron chi connectivity index (χ2n) is 4.96. The smallest absolute Gasteiger partial charge is 0.00775 e. The first-order chi connectivity index (χ1) is 5.10. The summed E-state index contributed by atoms with van der Waals surface area (Å²) in [4.78, 5) is 0. The van der Waals surface area contributed by atoms with E-state index >= 15 is 0 Å². The number of nitrogens with one attached hydrogen (secondary N) is 1. The van der Waals surface area contributed by atoms with Crippen molar-refractivity contribution in [3.63, 3.8) is 0 Å². The van der Waals surface area contributed by atoms with Crippen LogP contribution in [0.3, 0.4) is 0 Å². The molecule has 4 atom stereocenters. The molecule has 2 aliphatic rings. The van der Waals surface area contributed by atoms with Gasteiger partial charge in [0.05, 0.1) is 0 Å². The molecule has 0 aromatic carbocycles. The van der Waals surface area contributed by atoms with Crippen LogP contribution >= 0.6 is 0 Å². The van der Waals surface area contributed by atoms with E-state index in [0.29, 0.717) is 5.41 Å². The lowest BCUT2D eigenvalue weighted by Crippen LogP contribution is -2.42. The quantitative estimate of drug-likeness (QED) is 0.562. The molecule has 2 fully saturated rings. The zero-order chi connectivity index (χ0) is 8.06. The van der Waals surface area contributed by atoms with Gasteiger partial charge in [0.15, 0.2) is 0 Å². The van der Waals surface area contributed by atoms with E-state index in [9.17, 15) is 0 Å². The van der Waals surface area contributed by atoms with E-state index in [4.69, 9.17) is 0 Å². The normalized spacial score (nSPS) is 56.5. The lowest BCUT2D eigenvalue weighted by atomic mass is 9.75. The van der Waals surface area contributed by atoms with Gasteiger partial charge >= 0.3 is 0 Å². The minimum atomic E-state index is 0.662. The molecule has 11 heavy (non-hydrogen) atoms. The summed E-state index contributed by atoms with van der Waals surface area (Å²) >= 11 is 0. The largest absolute Gasteiger partial charge is 0.311 e. The van der Waals surface area contributed by atoms with E-state index in [1.165, 1.54) is 19.3 Å². The average Bonchev–Trinajstić information content (AvgIpc) is 2.02. The van der Waals surface area contributed by atoms with Gasteiger partial charge in [-0.3, -0.25) is 0 Å². The van der Waals surface area contributed by atoms with Crippen molar-refractivity contribution < 1.29 is 0 Å². The van der Waals surface area contributed by atoms with Crippen molar-refractivity contribution in [3.05, 3.63) is 0 Å². The van der Waals surface area contributed by atoms with Crippen LogP contribution in [0.2, 0.25) is 0 Å². The molecule has 4 unspecified atom stereocenters. The van der Waals surface area contributed by atoms with E-state index < -0.39 is 0 Å². The van der Waals surface area contributed by atoms with Crippen LogP contribution in [0.5, 0.6) is 0 Å². The van der Waals surface area contributed by atoms with Crippen molar-refractivity contribution in [2.75, 3.05) is 0 Å². The summed E-state index contributed by atoms with van der Waals surface area (Å²) in [6.07, 6.45) is 4.20. The second-order valence-corrected chi connectivity index (χ2v) is 4.96. The minimum Gasteiger partial charge on any atom is -0.311 e. The summed E-state index contributed by atoms with van der Waals surface area (Å²) in [5.74, 6) is 0.935. The number of piperidine rings is 1. The van der Waals surface area contributed by atoms with Gasteiger partial charge in [0, 0.05) is 12.1 Å². The van der Waals surface area contributed by atoms with E-state index in [2.05, 4.69) is 26.1 Å². The summed E-state index contributed by atoms with van der Waals surface area (Å²) in [5.41, 5.74) is 0.662.